The molecule has 24 heavy (non-hydrogen) atoms. The Bertz CT molecular complexity index is 960. The van der Waals surface area contributed by atoms with Gasteiger partial charge in [0.1, 0.15) is 0 Å². The zero-order valence-corrected chi connectivity index (χ0v) is 13.8. The van der Waals surface area contributed by atoms with E-state index in [-0.39, 0.29) is 0 Å². The predicted molar refractivity (Wildman–Crippen MR) is 96.1 cm³/mol. The number of nitrogen functional groups attached to an aromatic ring is 1. The van der Waals surface area contributed by atoms with Gasteiger partial charge in [-0.3, -0.25) is 4.68 Å². The van der Waals surface area contributed by atoms with Gasteiger partial charge in [0.25, 0.3) is 0 Å². The van der Waals surface area contributed by atoms with E-state index in [1.165, 1.54) is 6.08 Å². The van der Waals surface area contributed by atoms with Crippen LogP contribution in [0, 0.1) is 6.92 Å². The smallest absolute Gasteiger partial charge is 0.328 e. The number of hydrogen-bond donors (Lipinski definition) is 2. The summed E-state index contributed by atoms with van der Waals surface area (Å²) in [6, 6.07) is 11.2. The van der Waals surface area contributed by atoms with Crippen LogP contribution in [0.5, 0.6) is 0 Å². The lowest BCUT2D eigenvalue weighted by atomic mass is 10.1. The molecule has 122 valence electrons. The number of aliphatic carboxylic acids is 1. The minimum Gasteiger partial charge on any atom is -0.478 e. The van der Waals surface area contributed by atoms with E-state index in [0.717, 1.165) is 28.1 Å². The second-order valence-corrected chi connectivity index (χ2v) is 6.00. The normalized spacial score (nSPS) is 11.4. The van der Waals surface area contributed by atoms with Crippen molar-refractivity contribution in [2.45, 2.75) is 13.5 Å². The number of rotatable bonds is 4. The molecule has 0 aliphatic rings. The van der Waals surface area contributed by atoms with E-state index in [4.69, 9.17) is 22.4 Å². The standard InChI is InChI=1S/C18H16ClN3O2/c1-11-8-13(19)3-2-12(11)10-22-17-9-14(20)4-5-15(17)16(21-22)6-7-18(23)24/h2-9H,10,20H2,1H3,(H,23,24). The molecule has 0 saturated carbocycles. The molecule has 0 aliphatic heterocycles. The van der Waals surface area contributed by atoms with Gasteiger partial charge in [-0.15, -0.1) is 0 Å². The van der Waals surface area contributed by atoms with Gasteiger partial charge in [-0.2, -0.15) is 5.10 Å². The van der Waals surface area contributed by atoms with Gasteiger partial charge in [0.15, 0.2) is 0 Å². The second kappa shape index (κ2) is 6.37. The van der Waals surface area contributed by atoms with E-state index in [0.29, 0.717) is 22.9 Å². The number of anilines is 1. The summed E-state index contributed by atoms with van der Waals surface area (Å²) in [6.07, 6.45) is 2.57. The monoisotopic (exact) mass is 341 g/mol. The third-order valence-corrected chi connectivity index (χ3v) is 4.05. The largest absolute Gasteiger partial charge is 0.478 e. The first-order chi connectivity index (χ1) is 11.4. The molecule has 3 N–H and O–H groups in total. The molecule has 0 fully saturated rings. The highest BCUT2D eigenvalue weighted by molar-refractivity contribution is 6.30. The number of aromatic nitrogens is 2. The number of carboxylic acid groups (broad SMARTS) is 1. The molecule has 0 atom stereocenters. The summed E-state index contributed by atoms with van der Waals surface area (Å²) in [6.45, 7) is 2.54. The van der Waals surface area contributed by atoms with Crippen molar-refractivity contribution in [3.63, 3.8) is 0 Å². The first-order valence-electron chi connectivity index (χ1n) is 7.36. The molecule has 1 aromatic heterocycles. The summed E-state index contributed by atoms with van der Waals surface area (Å²) in [4.78, 5) is 10.8. The second-order valence-electron chi connectivity index (χ2n) is 5.56. The molecule has 6 heteroatoms. The Kier molecular flexibility index (Phi) is 4.27. The summed E-state index contributed by atoms with van der Waals surface area (Å²) in [5.74, 6) is -1.01. The summed E-state index contributed by atoms with van der Waals surface area (Å²) >= 11 is 6.01. The van der Waals surface area contributed by atoms with Crippen molar-refractivity contribution < 1.29 is 9.90 Å². The van der Waals surface area contributed by atoms with Crippen molar-refractivity contribution in [3.05, 3.63) is 64.3 Å². The van der Waals surface area contributed by atoms with Gasteiger partial charge < -0.3 is 10.8 Å². The van der Waals surface area contributed by atoms with Crippen LogP contribution in [0.1, 0.15) is 16.8 Å². The number of fused-ring (bicyclic) bond motifs is 1. The molecule has 3 rings (SSSR count). The molecule has 0 amide bonds. The number of benzene rings is 2. The van der Waals surface area contributed by atoms with Crippen molar-refractivity contribution >= 4 is 40.2 Å². The van der Waals surface area contributed by atoms with Gasteiger partial charge in [-0.25, -0.2) is 4.79 Å². The highest BCUT2D eigenvalue weighted by Gasteiger charge is 2.11. The van der Waals surface area contributed by atoms with Crippen LogP contribution in [-0.2, 0) is 11.3 Å². The molecule has 1 heterocycles. The Balaban J connectivity index is 2.09. The van der Waals surface area contributed by atoms with Gasteiger partial charge in [0.2, 0.25) is 0 Å². The summed E-state index contributed by atoms with van der Waals surface area (Å²) in [5.41, 5.74) is 10.1. The first kappa shape index (κ1) is 16.1. The fourth-order valence-corrected chi connectivity index (χ4v) is 2.84. The number of nitrogens with two attached hydrogens (primary N) is 1. The van der Waals surface area contributed by atoms with Gasteiger partial charge in [0, 0.05) is 22.2 Å². The van der Waals surface area contributed by atoms with Crippen molar-refractivity contribution in [3.8, 4) is 0 Å². The highest BCUT2D eigenvalue weighted by atomic mass is 35.5. The van der Waals surface area contributed by atoms with Gasteiger partial charge in [0.05, 0.1) is 17.8 Å². The van der Waals surface area contributed by atoms with E-state index >= 15 is 0 Å². The number of nitrogens with zero attached hydrogens (tertiary/aromatic N) is 2. The molecule has 3 aromatic rings. The van der Waals surface area contributed by atoms with Crippen LogP contribution in [0.15, 0.2) is 42.5 Å². The fourth-order valence-electron chi connectivity index (χ4n) is 2.61. The molecule has 0 bridgehead atoms. The highest BCUT2D eigenvalue weighted by Crippen LogP contribution is 2.24. The fraction of sp³-hybridized carbons (Fsp3) is 0.111. The third kappa shape index (κ3) is 3.26. The molecule has 0 spiro atoms. The van der Waals surface area contributed by atoms with Crippen LogP contribution in [-0.4, -0.2) is 20.9 Å². The summed E-state index contributed by atoms with van der Waals surface area (Å²) < 4.78 is 1.82. The maximum Gasteiger partial charge on any atom is 0.328 e. The SMILES string of the molecule is Cc1cc(Cl)ccc1Cn1nc(C=CC(=O)O)c2ccc(N)cc21. The Hall–Kier alpha value is -2.79. The Morgan fingerprint density at radius 3 is 2.83 bits per heavy atom. The average Bonchev–Trinajstić information content (AvgIpc) is 2.85. The molecular formula is C18H16ClN3O2. The van der Waals surface area contributed by atoms with Crippen LogP contribution in [0.25, 0.3) is 17.0 Å². The summed E-state index contributed by atoms with van der Waals surface area (Å²) in [7, 11) is 0. The maximum absolute atomic E-state index is 10.8. The quantitative estimate of drug-likeness (QED) is 0.559. The molecule has 5 nitrogen and oxygen atoms in total. The lowest BCUT2D eigenvalue weighted by molar-refractivity contribution is -0.131. The Labute approximate surface area is 144 Å². The molecule has 0 radical (unpaired) electrons. The van der Waals surface area contributed by atoms with E-state index in [1.54, 1.807) is 6.07 Å². The maximum atomic E-state index is 10.8. The Morgan fingerprint density at radius 1 is 1.33 bits per heavy atom. The van der Waals surface area contributed by atoms with Crippen LogP contribution in [0.3, 0.4) is 0 Å². The van der Waals surface area contributed by atoms with Crippen LogP contribution in [0.2, 0.25) is 5.02 Å². The third-order valence-electron chi connectivity index (χ3n) is 3.81. The molecule has 0 saturated heterocycles. The topological polar surface area (TPSA) is 81.1 Å². The zero-order chi connectivity index (χ0) is 17.3. The van der Waals surface area contributed by atoms with Gasteiger partial charge in [-0.05, 0) is 54.5 Å². The molecule has 0 unspecified atom stereocenters. The van der Waals surface area contributed by atoms with E-state index in [1.807, 2.05) is 41.9 Å². The molecule has 2 aromatic carbocycles. The van der Waals surface area contributed by atoms with Gasteiger partial charge in [-0.1, -0.05) is 17.7 Å². The molecular weight excluding hydrogens is 326 g/mol. The zero-order valence-electron chi connectivity index (χ0n) is 13.0. The predicted octanol–water partition coefficient (Wildman–Crippen LogP) is 3.73. The van der Waals surface area contributed by atoms with Crippen LogP contribution >= 0.6 is 11.6 Å². The number of aryl methyl sites for hydroxylation is 1. The van der Waals surface area contributed by atoms with E-state index in [9.17, 15) is 4.79 Å². The number of carboxylic acids is 1. The average molecular weight is 342 g/mol. The first-order valence-corrected chi connectivity index (χ1v) is 7.74. The van der Waals surface area contributed by atoms with Gasteiger partial charge >= 0.3 is 5.97 Å². The minimum absolute atomic E-state index is 0.546. The van der Waals surface area contributed by atoms with Crippen molar-refractivity contribution in [2.24, 2.45) is 0 Å². The van der Waals surface area contributed by atoms with E-state index < -0.39 is 5.97 Å². The van der Waals surface area contributed by atoms with Crippen molar-refractivity contribution in [1.82, 2.24) is 9.78 Å². The minimum atomic E-state index is -1.01. The van der Waals surface area contributed by atoms with E-state index in [2.05, 4.69) is 5.10 Å². The number of hydrogen-bond acceptors (Lipinski definition) is 3. The lowest BCUT2D eigenvalue weighted by Gasteiger charge is -2.08. The van der Waals surface area contributed by atoms with Crippen LogP contribution in [0.4, 0.5) is 5.69 Å². The lowest BCUT2D eigenvalue weighted by Crippen LogP contribution is -2.03. The van der Waals surface area contributed by atoms with Crippen molar-refractivity contribution in [2.75, 3.05) is 5.73 Å². The Morgan fingerprint density at radius 2 is 2.12 bits per heavy atom. The van der Waals surface area contributed by atoms with Crippen molar-refractivity contribution in [1.29, 1.82) is 0 Å². The van der Waals surface area contributed by atoms with Crippen LogP contribution < -0.4 is 5.73 Å². The summed E-state index contributed by atoms with van der Waals surface area (Å²) in [5, 5.41) is 14.9. The number of carbonyl (C=O) groups is 1. The number of halogens is 1. The molecule has 0 aliphatic carbocycles.